The number of aromatic nitrogens is 3. The first kappa shape index (κ1) is 12.6. The number of fused-ring (bicyclic) bond motifs is 1. The topological polar surface area (TPSA) is 30.2 Å². The second kappa shape index (κ2) is 4.98. The fourth-order valence-corrected chi connectivity index (χ4v) is 3.22. The normalized spacial score (nSPS) is 11.1. The number of imidazole rings is 1. The Balaban J connectivity index is 1.91. The molecule has 0 aliphatic rings. The predicted molar refractivity (Wildman–Crippen MR) is 86.7 cm³/mol. The average Bonchev–Trinajstić information content (AvgIpc) is 3.15. The van der Waals surface area contributed by atoms with Gasteiger partial charge < -0.3 is 0 Å². The van der Waals surface area contributed by atoms with Crippen LogP contribution in [0.3, 0.4) is 0 Å². The molecule has 4 rings (SSSR count). The molecule has 0 saturated carbocycles. The summed E-state index contributed by atoms with van der Waals surface area (Å²) in [4.78, 5) is 10.1. The summed E-state index contributed by atoms with van der Waals surface area (Å²) >= 11 is 7.76. The molecule has 102 valence electrons. The zero-order valence-corrected chi connectivity index (χ0v) is 12.5. The number of hydrogen-bond acceptors (Lipinski definition) is 3. The lowest BCUT2D eigenvalue weighted by Crippen LogP contribution is -1.92. The van der Waals surface area contributed by atoms with Crippen LogP contribution in [-0.2, 0) is 0 Å². The molecule has 0 fully saturated rings. The number of benzene rings is 1. The van der Waals surface area contributed by atoms with Crippen LogP contribution < -0.4 is 0 Å². The van der Waals surface area contributed by atoms with Crippen LogP contribution in [0.5, 0.6) is 0 Å². The van der Waals surface area contributed by atoms with E-state index < -0.39 is 0 Å². The third-order valence-corrected chi connectivity index (χ3v) is 4.42. The van der Waals surface area contributed by atoms with E-state index in [2.05, 4.69) is 25.8 Å². The first-order valence-electron chi connectivity index (χ1n) is 6.44. The van der Waals surface area contributed by atoms with Crippen molar-refractivity contribution in [3.8, 4) is 21.8 Å². The summed E-state index contributed by atoms with van der Waals surface area (Å²) in [6.45, 7) is 0. The van der Waals surface area contributed by atoms with Crippen molar-refractivity contribution in [1.29, 1.82) is 0 Å². The molecule has 5 heteroatoms. The predicted octanol–water partition coefficient (Wildman–Crippen LogP) is 4.78. The van der Waals surface area contributed by atoms with Crippen LogP contribution in [0.1, 0.15) is 0 Å². The van der Waals surface area contributed by atoms with E-state index in [-0.39, 0.29) is 0 Å². The minimum Gasteiger partial charge on any atom is -0.295 e. The quantitative estimate of drug-likeness (QED) is 0.533. The van der Waals surface area contributed by atoms with Gasteiger partial charge in [0.25, 0.3) is 0 Å². The fraction of sp³-hybridized carbons (Fsp3) is 0. The van der Waals surface area contributed by atoms with Crippen LogP contribution in [0.15, 0.2) is 60.4 Å². The highest BCUT2D eigenvalue weighted by Crippen LogP contribution is 2.27. The Hall–Kier alpha value is -2.17. The lowest BCUT2D eigenvalue weighted by molar-refractivity contribution is 1.14. The summed E-state index contributed by atoms with van der Waals surface area (Å²) in [5.74, 6) is 0. The Morgan fingerprint density at radius 2 is 2.00 bits per heavy atom. The lowest BCUT2D eigenvalue weighted by atomic mass is 10.2. The molecule has 3 heterocycles. The van der Waals surface area contributed by atoms with Gasteiger partial charge in [0.2, 0.25) is 0 Å². The molecular formula is C16H10ClN3S. The molecule has 0 spiro atoms. The van der Waals surface area contributed by atoms with Crippen molar-refractivity contribution in [1.82, 2.24) is 14.4 Å². The standard InChI is InChI=1S/C16H10ClN3S/c17-12-4-1-3-11(7-12)13-10-20-14(15-5-2-6-21-15)8-19-16(20)9-18-13/h1-10H. The molecule has 3 nitrogen and oxygen atoms in total. The molecule has 0 aliphatic carbocycles. The highest BCUT2D eigenvalue weighted by atomic mass is 35.5. The van der Waals surface area contributed by atoms with E-state index in [1.54, 1.807) is 17.5 Å². The molecule has 4 aromatic rings. The van der Waals surface area contributed by atoms with E-state index in [1.807, 2.05) is 42.7 Å². The van der Waals surface area contributed by atoms with Crippen molar-refractivity contribution in [3.05, 3.63) is 65.4 Å². The molecule has 1 aromatic carbocycles. The second-order valence-corrected chi connectivity index (χ2v) is 6.02. The van der Waals surface area contributed by atoms with Crippen LogP contribution >= 0.6 is 22.9 Å². The highest BCUT2D eigenvalue weighted by Gasteiger charge is 2.09. The van der Waals surface area contributed by atoms with Gasteiger partial charge in [0.15, 0.2) is 5.65 Å². The summed E-state index contributed by atoms with van der Waals surface area (Å²) in [5, 5.41) is 2.77. The molecule has 3 aromatic heterocycles. The summed E-state index contributed by atoms with van der Waals surface area (Å²) in [6.07, 6.45) is 5.67. The molecule has 0 aliphatic heterocycles. The molecule has 0 N–H and O–H groups in total. The Morgan fingerprint density at radius 1 is 1.05 bits per heavy atom. The van der Waals surface area contributed by atoms with Gasteiger partial charge >= 0.3 is 0 Å². The van der Waals surface area contributed by atoms with Gasteiger partial charge in [0.05, 0.1) is 28.7 Å². The van der Waals surface area contributed by atoms with Crippen molar-refractivity contribution < 1.29 is 0 Å². The monoisotopic (exact) mass is 311 g/mol. The van der Waals surface area contributed by atoms with Crippen molar-refractivity contribution in [2.24, 2.45) is 0 Å². The molecule has 21 heavy (non-hydrogen) atoms. The molecule has 0 unspecified atom stereocenters. The molecule has 0 radical (unpaired) electrons. The van der Waals surface area contributed by atoms with Gasteiger partial charge in [-0.05, 0) is 23.6 Å². The lowest BCUT2D eigenvalue weighted by Gasteiger charge is -2.04. The van der Waals surface area contributed by atoms with Crippen LogP contribution in [0.4, 0.5) is 0 Å². The first-order chi connectivity index (χ1) is 10.3. The number of halogens is 1. The zero-order chi connectivity index (χ0) is 14.2. The van der Waals surface area contributed by atoms with Gasteiger partial charge in [-0.2, -0.15) is 0 Å². The van der Waals surface area contributed by atoms with Gasteiger partial charge in [-0.25, -0.2) is 4.98 Å². The molecule has 0 saturated heterocycles. The maximum Gasteiger partial charge on any atom is 0.155 e. The van der Waals surface area contributed by atoms with Crippen molar-refractivity contribution >= 4 is 28.6 Å². The summed E-state index contributed by atoms with van der Waals surface area (Å²) < 4.78 is 2.06. The van der Waals surface area contributed by atoms with Crippen molar-refractivity contribution in [2.45, 2.75) is 0 Å². The van der Waals surface area contributed by atoms with Gasteiger partial charge in [-0.15, -0.1) is 11.3 Å². The number of nitrogens with zero attached hydrogens (tertiary/aromatic N) is 3. The van der Waals surface area contributed by atoms with E-state index in [0.717, 1.165) is 22.6 Å². The van der Waals surface area contributed by atoms with Crippen LogP contribution in [0, 0.1) is 0 Å². The molecule has 0 bridgehead atoms. The second-order valence-electron chi connectivity index (χ2n) is 4.63. The smallest absolute Gasteiger partial charge is 0.155 e. The highest BCUT2D eigenvalue weighted by molar-refractivity contribution is 7.13. The van der Waals surface area contributed by atoms with E-state index >= 15 is 0 Å². The summed E-state index contributed by atoms with van der Waals surface area (Å²) in [5.41, 5.74) is 3.78. The third-order valence-electron chi connectivity index (χ3n) is 3.29. The third kappa shape index (κ3) is 2.22. The van der Waals surface area contributed by atoms with Crippen molar-refractivity contribution in [3.63, 3.8) is 0 Å². The Bertz CT molecular complexity index is 912. The van der Waals surface area contributed by atoms with Crippen molar-refractivity contribution in [2.75, 3.05) is 0 Å². The zero-order valence-electron chi connectivity index (χ0n) is 10.9. The number of thiophene rings is 1. The molecule has 0 atom stereocenters. The Morgan fingerprint density at radius 3 is 2.81 bits per heavy atom. The Labute approximate surface area is 130 Å². The Kier molecular flexibility index (Phi) is 2.98. The average molecular weight is 312 g/mol. The fourth-order valence-electron chi connectivity index (χ4n) is 2.29. The van der Waals surface area contributed by atoms with E-state index in [4.69, 9.17) is 11.6 Å². The van der Waals surface area contributed by atoms with Gasteiger partial charge in [-0.3, -0.25) is 9.38 Å². The molecular weight excluding hydrogens is 302 g/mol. The van der Waals surface area contributed by atoms with Gasteiger partial charge in [0, 0.05) is 16.8 Å². The van der Waals surface area contributed by atoms with Crippen LogP contribution in [-0.4, -0.2) is 14.4 Å². The van der Waals surface area contributed by atoms with Crippen LogP contribution in [0.2, 0.25) is 5.02 Å². The van der Waals surface area contributed by atoms with Gasteiger partial charge in [-0.1, -0.05) is 29.8 Å². The minimum absolute atomic E-state index is 0.707. The SMILES string of the molecule is Clc1cccc(-c2cn3c(-c4cccs4)cnc3cn2)c1. The number of hydrogen-bond donors (Lipinski definition) is 0. The van der Waals surface area contributed by atoms with Crippen LogP contribution in [0.25, 0.3) is 27.5 Å². The van der Waals surface area contributed by atoms with E-state index in [0.29, 0.717) is 5.02 Å². The molecule has 0 amide bonds. The maximum atomic E-state index is 6.06. The van der Waals surface area contributed by atoms with E-state index in [9.17, 15) is 0 Å². The first-order valence-corrected chi connectivity index (χ1v) is 7.70. The van der Waals surface area contributed by atoms with E-state index in [1.165, 1.54) is 4.88 Å². The summed E-state index contributed by atoms with van der Waals surface area (Å²) in [6, 6.07) is 11.8. The minimum atomic E-state index is 0.707. The largest absolute Gasteiger partial charge is 0.295 e. The number of rotatable bonds is 2. The van der Waals surface area contributed by atoms with Gasteiger partial charge in [0.1, 0.15) is 0 Å². The maximum absolute atomic E-state index is 6.06. The summed E-state index contributed by atoms with van der Waals surface area (Å²) in [7, 11) is 0.